The number of anilines is 2. The van der Waals surface area contributed by atoms with Gasteiger partial charge in [0.2, 0.25) is 0 Å². The van der Waals surface area contributed by atoms with Crippen LogP contribution in [0.5, 0.6) is 0 Å². The highest BCUT2D eigenvalue weighted by Gasteiger charge is 1.95. The fourth-order valence-corrected chi connectivity index (χ4v) is 0.778. The fraction of sp³-hybridized carbons (Fsp3) is 0.333. The summed E-state index contributed by atoms with van der Waals surface area (Å²) in [5, 5.41) is 6.07. The Morgan fingerprint density at radius 3 is 1.89 bits per heavy atom. The molecule has 0 aliphatic carbocycles. The van der Waals surface area contributed by atoms with Gasteiger partial charge >= 0.3 is 0 Å². The Balaban J connectivity index is 2.85. The van der Waals surface area contributed by atoms with Crippen molar-refractivity contribution in [2.45, 2.75) is 0 Å². The number of aromatic nitrogens is 1. The summed E-state index contributed by atoms with van der Waals surface area (Å²) in [5.41, 5.74) is 2.19. The van der Waals surface area contributed by atoms with E-state index < -0.39 is 0 Å². The maximum atomic E-state index is 3.03. The fourth-order valence-electron chi connectivity index (χ4n) is 0.778. The minimum atomic E-state index is 1.09. The lowest BCUT2D eigenvalue weighted by molar-refractivity contribution is 1.40. The van der Waals surface area contributed by atoms with Gasteiger partial charge in [0.15, 0.2) is 0 Å². The van der Waals surface area contributed by atoms with Crippen molar-refractivity contribution in [1.82, 2.24) is 4.98 Å². The summed E-state index contributed by atoms with van der Waals surface area (Å²) in [5.74, 6) is 0. The summed E-state index contributed by atoms with van der Waals surface area (Å²) in [6, 6.07) is 0. The van der Waals surface area contributed by atoms with Crippen molar-refractivity contribution in [3.05, 3.63) is 12.4 Å². The maximum absolute atomic E-state index is 3.03. The van der Waals surface area contributed by atoms with E-state index >= 15 is 0 Å². The Labute approximate surface area is 54.5 Å². The number of hydrogen-bond donors (Lipinski definition) is 3. The summed E-state index contributed by atoms with van der Waals surface area (Å²) in [6.45, 7) is 0. The number of rotatable bonds is 2. The van der Waals surface area contributed by atoms with Crippen molar-refractivity contribution in [2.75, 3.05) is 24.7 Å². The predicted molar refractivity (Wildman–Crippen MR) is 39.9 cm³/mol. The molecule has 3 N–H and O–H groups in total. The Morgan fingerprint density at radius 1 is 1.11 bits per heavy atom. The molecule has 0 radical (unpaired) electrons. The second kappa shape index (κ2) is 2.44. The van der Waals surface area contributed by atoms with Gasteiger partial charge in [0.1, 0.15) is 0 Å². The average Bonchev–Trinajstić information content (AvgIpc) is 2.33. The van der Waals surface area contributed by atoms with Gasteiger partial charge in [-0.1, -0.05) is 0 Å². The third-order valence-corrected chi connectivity index (χ3v) is 1.28. The molecule has 1 aromatic rings. The SMILES string of the molecule is CNc1c[nH]cc1NC. The van der Waals surface area contributed by atoms with Gasteiger partial charge in [0, 0.05) is 26.5 Å². The van der Waals surface area contributed by atoms with E-state index in [-0.39, 0.29) is 0 Å². The first-order chi connectivity index (χ1) is 4.38. The molecule has 0 spiro atoms. The molecule has 0 unspecified atom stereocenters. The molecule has 50 valence electrons. The van der Waals surface area contributed by atoms with Crippen molar-refractivity contribution in [3.63, 3.8) is 0 Å². The largest absolute Gasteiger partial charge is 0.385 e. The van der Waals surface area contributed by atoms with Crippen molar-refractivity contribution >= 4 is 11.4 Å². The molecule has 0 amide bonds. The third kappa shape index (κ3) is 0.988. The van der Waals surface area contributed by atoms with Gasteiger partial charge in [-0.15, -0.1) is 0 Å². The van der Waals surface area contributed by atoms with E-state index in [1.807, 2.05) is 26.5 Å². The highest BCUT2D eigenvalue weighted by atomic mass is 14.9. The lowest BCUT2D eigenvalue weighted by atomic mass is 10.4. The standard InChI is InChI=1S/C6H11N3/c1-7-5-3-9-4-6(5)8-2/h3-4,7-9H,1-2H3. The van der Waals surface area contributed by atoms with Crippen LogP contribution in [0.4, 0.5) is 11.4 Å². The number of nitrogens with one attached hydrogen (secondary N) is 3. The van der Waals surface area contributed by atoms with Crippen LogP contribution in [0.1, 0.15) is 0 Å². The number of H-pyrrole nitrogens is 1. The van der Waals surface area contributed by atoms with E-state index in [1.54, 1.807) is 0 Å². The third-order valence-electron chi connectivity index (χ3n) is 1.28. The first kappa shape index (κ1) is 6.01. The van der Waals surface area contributed by atoms with Gasteiger partial charge in [-0.3, -0.25) is 0 Å². The van der Waals surface area contributed by atoms with E-state index in [0.29, 0.717) is 0 Å². The van der Waals surface area contributed by atoms with E-state index in [1.165, 1.54) is 0 Å². The van der Waals surface area contributed by atoms with Crippen LogP contribution in [0.15, 0.2) is 12.4 Å². The average molecular weight is 125 g/mol. The molecule has 0 bridgehead atoms. The Hall–Kier alpha value is -1.12. The number of hydrogen-bond acceptors (Lipinski definition) is 2. The lowest BCUT2D eigenvalue weighted by Crippen LogP contribution is -1.91. The Morgan fingerprint density at radius 2 is 1.56 bits per heavy atom. The van der Waals surface area contributed by atoms with Gasteiger partial charge in [-0.2, -0.15) is 0 Å². The minimum absolute atomic E-state index is 1.09. The van der Waals surface area contributed by atoms with Crippen LogP contribution in [0.25, 0.3) is 0 Å². The van der Waals surface area contributed by atoms with Gasteiger partial charge in [0.05, 0.1) is 11.4 Å². The minimum Gasteiger partial charge on any atom is -0.385 e. The molecule has 0 aliphatic heterocycles. The lowest BCUT2D eigenvalue weighted by Gasteiger charge is -1.98. The first-order valence-electron chi connectivity index (χ1n) is 2.90. The molecule has 3 nitrogen and oxygen atoms in total. The molecule has 0 saturated heterocycles. The highest BCUT2D eigenvalue weighted by molar-refractivity contribution is 5.66. The predicted octanol–water partition coefficient (Wildman–Crippen LogP) is 1.10. The molecule has 0 fully saturated rings. The zero-order chi connectivity index (χ0) is 6.69. The van der Waals surface area contributed by atoms with Crippen molar-refractivity contribution < 1.29 is 0 Å². The van der Waals surface area contributed by atoms with Gasteiger partial charge in [0.25, 0.3) is 0 Å². The summed E-state index contributed by atoms with van der Waals surface area (Å²) in [6.07, 6.45) is 3.82. The molecule has 9 heavy (non-hydrogen) atoms. The molecule has 0 aromatic carbocycles. The van der Waals surface area contributed by atoms with E-state index in [4.69, 9.17) is 0 Å². The Bertz CT molecular complexity index is 162. The molecule has 0 atom stereocenters. The van der Waals surface area contributed by atoms with E-state index in [2.05, 4.69) is 15.6 Å². The first-order valence-corrected chi connectivity index (χ1v) is 2.90. The molecule has 1 rings (SSSR count). The maximum Gasteiger partial charge on any atom is 0.0751 e. The monoisotopic (exact) mass is 125 g/mol. The van der Waals surface area contributed by atoms with Gasteiger partial charge in [-0.25, -0.2) is 0 Å². The van der Waals surface area contributed by atoms with E-state index in [0.717, 1.165) is 11.4 Å². The summed E-state index contributed by atoms with van der Waals surface area (Å²) in [7, 11) is 3.79. The second-order valence-electron chi connectivity index (χ2n) is 1.78. The Kier molecular flexibility index (Phi) is 1.63. The molecule has 0 aliphatic rings. The summed E-state index contributed by atoms with van der Waals surface area (Å²) in [4.78, 5) is 2.98. The summed E-state index contributed by atoms with van der Waals surface area (Å²) < 4.78 is 0. The quantitative estimate of drug-likeness (QED) is 0.554. The topological polar surface area (TPSA) is 39.9 Å². The second-order valence-corrected chi connectivity index (χ2v) is 1.78. The molecule has 1 aromatic heterocycles. The van der Waals surface area contributed by atoms with Crippen molar-refractivity contribution in [1.29, 1.82) is 0 Å². The van der Waals surface area contributed by atoms with Gasteiger partial charge < -0.3 is 15.6 Å². The molecule has 1 heterocycles. The van der Waals surface area contributed by atoms with Crippen LogP contribution in [0, 0.1) is 0 Å². The molecule has 3 heteroatoms. The van der Waals surface area contributed by atoms with Crippen LogP contribution >= 0.6 is 0 Å². The van der Waals surface area contributed by atoms with Crippen molar-refractivity contribution in [3.8, 4) is 0 Å². The molecular weight excluding hydrogens is 114 g/mol. The molecular formula is C6H11N3. The van der Waals surface area contributed by atoms with E-state index in [9.17, 15) is 0 Å². The zero-order valence-corrected chi connectivity index (χ0v) is 5.65. The van der Waals surface area contributed by atoms with Crippen LogP contribution < -0.4 is 10.6 Å². The smallest absolute Gasteiger partial charge is 0.0751 e. The van der Waals surface area contributed by atoms with Gasteiger partial charge in [-0.05, 0) is 0 Å². The normalized spacial score (nSPS) is 9.11. The van der Waals surface area contributed by atoms with Crippen LogP contribution in [-0.2, 0) is 0 Å². The van der Waals surface area contributed by atoms with Crippen LogP contribution in [-0.4, -0.2) is 19.1 Å². The zero-order valence-electron chi connectivity index (χ0n) is 5.65. The molecule has 0 saturated carbocycles. The van der Waals surface area contributed by atoms with Crippen LogP contribution in [0.3, 0.4) is 0 Å². The van der Waals surface area contributed by atoms with Crippen LogP contribution in [0.2, 0.25) is 0 Å². The van der Waals surface area contributed by atoms with Crippen molar-refractivity contribution in [2.24, 2.45) is 0 Å². The number of aromatic amines is 1. The highest BCUT2D eigenvalue weighted by Crippen LogP contribution is 2.17. The summed E-state index contributed by atoms with van der Waals surface area (Å²) >= 11 is 0.